The van der Waals surface area contributed by atoms with Crippen molar-refractivity contribution in [3.8, 4) is 0 Å². The average molecular weight is 385 g/mol. The van der Waals surface area contributed by atoms with Gasteiger partial charge in [-0.05, 0) is 35.9 Å². The van der Waals surface area contributed by atoms with Gasteiger partial charge in [0.15, 0.2) is 0 Å². The van der Waals surface area contributed by atoms with Crippen LogP contribution in [0, 0.1) is 5.82 Å². The molecule has 1 amide bonds. The second kappa shape index (κ2) is 8.42. The first-order chi connectivity index (χ1) is 11.8. The lowest BCUT2D eigenvalue weighted by Gasteiger charge is -2.20. The Morgan fingerprint density at radius 1 is 1.16 bits per heavy atom. The third-order valence-electron chi connectivity index (χ3n) is 3.56. The molecule has 0 aliphatic heterocycles. The van der Waals surface area contributed by atoms with Crippen molar-refractivity contribution in [2.45, 2.75) is 18.4 Å². The van der Waals surface area contributed by atoms with Crippen LogP contribution in [0.5, 0.6) is 0 Å². The van der Waals surface area contributed by atoms with Crippen molar-refractivity contribution in [1.82, 2.24) is 9.62 Å². The molecule has 1 N–H and O–H groups in total. The second-order valence-electron chi connectivity index (χ2n) is 5.25. The molecule has 0 saturated heterocycles. The van der Waals surface area contributed by atoms with Crippen LogP contribution < -0.4 is 5.32 Å². The Labute approximate surface area is 151 Å². The molecule has 134 valence electrons. The van der Waals surface area contributed by atoms with Crippen molar-refractivity contribution in [1.29, 1.82) is 0 Å². The molecule has 0 aromatic heterocycles. The van der Waals surface area contributed by atoms with E-state index in [2.05, 4.69) is 5.32 Å². The zero-order chi connectivity index (χ0) is 18.4. The van der Waals surface area contributed by atoms with Crippen molar-refractivity contribution in [2.75, 3.05) is 13.1 Å². The minimum Gasteiger partial charge on any atom is -0.351 e. The number of halogens is 2. The summed E-state index contributed by atoms with van der Waals surface area (Å²) in [6.07, 6.45) is 0. The van der Waals surface area contributed by atoms with Crippen LogP contribution in [0.2, 0.25) is 5.02 Å². The summed E-state index contributed by atoms with van der Waals surface area (Å²) in [4.78, 5) is 12.0. The van der Waals surface area contributed by atoms with E-state index in [4.69, 9.17) is 11.6 Å². The first-order valence-electron chi connectivity index (χ1n) is 7.60. The van der Waals surface area contributed by atoms with Crippen molar-refractivity contribution < 1.29 is 17.6 Å². The number of sulfonamides is 1. The Kier molecular flexibility index (Phi) is 6.52. The van der Waals surface area contributed by atoms with Gasteiger partial charge < -0.3 is 5.32 Å². The molecule has 8 heteroatoms. The van der Waals surface area contributed by atoms with Gasteiger partial charge in [0, 0.05) is 18.1 Å². The van der Waals surface area contributed by atoms with Crippen LogP contribution >= 0.6 is 11.6 Å². The Morgan fingerprint density at radius 2 is 1.80 bits per heavy atom. The molecule has 0 spiro atoms. The number of carbonyl (C=O) groups excluding carboxylic acids is 1. The molecule has 0 fully saturated rings. The van der Waals surface area contributed by atoms with Crippen LogP contribution in [-0.4, -0.2) is 31.7 Å². The van der Waals surface area contributed by atoms with Crippen molar-refractivity contribution in [3.05, 3.63) is 64.9 Å². The molecule has 5 nitrogen and oxygen atoms in total. The van der Waals surface area contributed by atoms with Gasteiger partial charge in [-0.3, -0.25) is 4.79 Å². The molecule has 0 saturated carbocycles. The number of rotatable bonds is 7. The Morgan fingerprint density at radius 3 is 2.40 bits per heavy atom. The maximum atomic E-state index is 13.0. The first kappa shape index (κ1) is 19.4. The second-order valence-corrected chi connectivity index (χ2v) is 7.60. The van der Waals surface area contributed by atoms with E-state index in [0.29, 0.717) is 5.02 Å². The molecule has 2 aromatic carbocycles. The molecule has 0 heterocycles. The van der Waals surface area contributed by atoms with Gasteiger partial charge in [-0.2, -0.15) is 4.31 Å². The summed E-state index contributed by atoms with van der Waals surface area (Å²) in [5, 5.41) is 3.17. The van der Waals surface area contributed by atoms with E-state index < -0.39 is 21.7 Å². The third-order valence-corrected chi connectivity index (χ3v) is 5.86. The van der Waals surface area contributed by atoms with Gasteiger partial charge in [0.05, 0.1) is 11.4 Å². The summed E-state index contributed by atoms with van der Waals surface area (Å²) in [7, 11) is -3.87. The highest BCUT2D eigenvalue weighted by Crippen LogP contribution is 2.16. The number of benzene rings is 2. The molecule has 0 radical (unpaired) electrons. The number of hydrogen-bond acceptors (Lipinski definition) is 3. The normalized spacial score (nSPS) is 11.5. The van der Waals surface area contributed by atoms with Crippen molar-refractivity contribution in [2.24, 2.45) is 0 Å². The maximum absolute atomic E-state index is 13.0. The van der Waals surface area contributed by atoms with Gasteiger partial charge in [0.25, 0.3) is 0 Å². The fraction of sp³-hybridized carbons (Fsp3) is 0.235. The summed E-state index contributed by atoms with van der Waals surface area (Å²) in [5.74, 6) is -0.980. The number of amides is 1. The fourth-order valence-electron chi connectivity index (χ4n) is 2.17. The highest BCUT2D eigenvalue weighted by molar-refractivity contribution is 7.89. The van der Waals surface area contributed by atoms with Crippen LogP contribution in [0.1, 0.15) is 12.5 Å². The zero-order valence-electron chi connectivity index (χ0n) is 13.6. The number of carbonyl (C=O) groups is 1. The van der Waals surface area contributed by atoms with E-state index in [-0.39, 0.29) is 24.5 Å². The van der Waals surface area contributed by atoms with Crippen LogP contribution in [-0.2, 0) is 21.4 Å². The SMILES string of the molecule is CCN(CC(=O)NCc1ccccc1Cl)S(=O)(=O)c1ccc(F)cc1. The number of nitrogens with zero attached hydrogens (tertiary/aromatic N) is 1. The van der Waals surface area contributed by atoms with E-state index >= 15 is 0 Å². The lowest BCUT2D eigenvalue weighted by molar-refractivity contribution is -0.121. The minimum atomic E-state index is -3.87. The van der Waals surface area contributed by atoms with Crippen molar-refractivity contribution >= 4 is 27.5 Å². The Bertz CT molecular complexity index is 841. The molecule has 0 aliphatic carbocycles. The molecule has 0 atom stereocenters. The van der Waals surface area contributed by atoms with Gasteiger partial charge in [-0.15, -0.1) is 0 Å². The summed E-state index contributed by atoms with van der Waals surface area (Å²) < 4.78 is 39.1. The smallest absolute Gasteiger partial charge is 0.243 e. The van der Waals surface area contributed by atoms with Gasteiger partial charge in [0.2, 0.25) is 15.9 Å². The minimum absolute atomic E-state index is 0.0605. The molecule has 0 bridgehead atoms. The largest absolute Gasteiger partial charge is 0.351 e. The number of nitrogens with one attached hydrogen (secondary N) is 1. The lowest BCUT2D eigenvalue weighted by atomic mass is 10.2. The maximum Gasteiger partial charge on any atom is 0.243 e. The van der Waals surface area contributed by atoms with E-state index in [0.717, 1.165) is 22.0 Å². The standard InChI is InChI=1S/C17H18ClFN2O3S/c1-2-21(25(23,24)15-9-7-14(19)8-10-15)12-17(22)20-11-13-5-3-4-6-16(13)18/h3-10H,2,11-12H2,1H3,(H,20,22). The molecule has 2 rings (SSSR count). The van der Waals surface area contributed by atoms with Gasteiger partial charge >= 0.3 is 0 Å². The van der Waals surface area contributed by atoms with E-state index in [1.165, 1.54) is 12.1 Å². The highest BCUT2D eigenvalue weighted by atomic mass is 35.5. The number of likely N-dealkylation sites (N-methyl/N-ethyl adjacent to an activating group) is 1. The van der Waals surface area contributed by atoms with Crippen molar-refractivity contribution in [3.63, 3.8) is 0 Å². The Balaban J connectivity index is 2.04. The molecular formula is C17H18ClFN2O3S. The summed E-state index contributed by atoms with van der Waals surface area (Å²) in [5.41, 5.74) is 0.738. The van der Waals surface area contributed by atoms with Gasteiger partial charge in [0.1, 0.15) is 5.82 Å². The molecular weight excluding hydrogens is 367 g/mol. The lowest BCUT2D eigenvalue weighted by Crippen LogP contribution is -2.40. The predicted molar refractivity (Wildman–Crippen MR) is 94.1 cm³/mol. The molecule has 0 aliphatic rings. The summed E-state index contributed by atoms with van der Waals surface area (Å²) >= 11 is 6.02. The molecule has 0 unspecified atom stereocenters. The highest BCUT2D eigenvalue weighted by Gasteiger charge is 2.25. The monoisotopic (exact) mass is 384 g/mol. The van der Waals surface area contributed by atoms with Crippen LogP contribution in [0.3, 0.4) is 0 Å². The van der Waals surface area contributed by atoms with E-state index in [9.17, 15) is 17.6 Å². The zero-order valence-corrected chi connectivity index (χ0v) is 15.1. The number of hydrogen-bond donors (Lipinski definition) is 1. The molecule has 2 aromatic rings. The van der Waals surface area contributed by atoms with Crippen LogP contribution in [0.15, 0.2) is 53.4 Å². The predicted octanol–water partition coefficient (Wildman–Crippen LogP) is 2.81. The van der Waals surface area contributed by atoms with Gasteiger partial charge in [-0.25, -0.2) is 12.8 Å². The van der Waals surface area contributed by atoms with Gasteiger partial charge in [-0.1, -0.05) is 36.7 Å². The molecule has 25 heavy (non-hydrogen) atoms. The Hall–Kier alpha value is -1.96. The quantitative estimate of drug-likeness (QED) is 0.798. The first-order valence-corrected chi connectivity index (χ1v) is 9.42. The van der Waals surface area contributed by atoms with E-state index in [1.807, 2.05) is 0 Å². The average Bonchev–Trinajstić information content (AvgIpc) is 2.59. The van der Waals surface area contributed by atoms with Crippen LogP contribution in [0.4, 0.5) is 4.39 Å². The fourth-order valence-corrected chi connectivity index (χ4v) is 3.78. The third kappa shape index (κ3) is 5.01. The summed E-state index contributed by atoms with van der Waals surface area (Å²) in [6, 6.07) is 11.5. The topological polar surface area (TPSA) is 66.5 Å². The van der Waals surface area contributed by atoms with E-state index in [1.54, 1.807) is 31.2 Å². The summed E-state index contributed by atoms with van der Waals surface area (Å²) in [6.45, 7) is 1.61. The van der Waals surface area contributed by atoms with Crippen LogP contribution in [0.25, 0.3) is 0 Å².